The van der Waals surface area contributed by atoms with Gasteiger partial charge in [0, 0.05) is 12.2 Å². The van der Waals surface area contributed by atoms with Crippen molar-refractivity contribution in [1.29, 1.82) is 0 Å². The largest absolute Gasteiger partial charge is 0.507 e. The fourth-order valence-corrected chi connectivity index (χ4v) is 7.45. The van der Waals surface area contributed by atoms with Crippen molar-refractivity contribution in [1.82, 2.24) is 0 Å². The van der Waals surface area contributed by atoms with Crippen molar-refractivity contribution >= 4 is 5.69 Å². The number of anilines is 1. The summed E-state index contributed by atoms with van der Waals surface area (Å²) in [5.74, 6) is 1.13. The second kappa shape index (κ2) is 16.2. The summed E-state index contributed by atoms with van der Waals surface area (Å²) < 4.78 is 0. The van der Waals surface area contributed by atoms with Gasteiger partial charge in [0.05, 0.1) is 0 Å². The molecule has 2 N–H and O–H groups in total. The van der Waals surface area contributed by atoms with Crippen LogP contribution in [0.15, 0.2) is 109 Å². The molecule has 0 radical (unpaired) electrons. The van der Waals surface area contributed by atoms with E-state index in [4.69, 9.17) is 0 Å². The van der Waals surface area contributed by atoms with Gasteiger partial charge < -0.3 is 10.4 Å². The molecule has 1 unspecified atom stereocenters. The molecule has 5 aromatic carbocycles. The van der Waals surface area contributed by atoms with Gasteiger partial charge in [0.25, 0.3) is 0 Å². The molecule has 0 aliphatic rings. The van der Waals surface area contributed by atoms with E-state index < -0.39 is 0 Å². The maximum absolute atomic E-state index is 11.1. The first-order valence-electron chi connectivity index (χ1n) is 19.3. The molecule has 0 saturated heterocycles. The summed E-state index contributed by atoms with van der Waals surface area (Å²) in [6, 6.07) is 40.6. The monoisotopic (exact) mass is 693 g/mol. The van der Waals surface area contributed by atoms with Crippen molar-refractivity contribution in [2.45, 2.75) is 119 Å². The molecule has 5 aromatic rings. The lowest BCUT2D eigenvalue weighted by Gasteiger charge is -2.28. The fourth-order valence-electron chi connectivity index (χ4n) is 7.45. The van der Waals surface area contributed by atoms with E-state index in [0.717, 1.165) is 42.5 Å². The number of hydrogen-bond donors (Lipinski definition) is 2. The third-order valence-corrected chi connectivity index (χ3v) is 10.1. The summed E-state index contributed by atoms with van der Waals surface area (Å²) in [4.78, 5) is 0. The molecule has 0 aromatic heterocycles. The molecule has 52 heavy (non-hydrogen) atoms. The Kier molecular flexibility index (Phi) is 12.1. The first-order valence-corrected chi connectivity index (χ1v) is 19.3. The predicted octanol–water partition coefficient (Wildman–Crippen LogP) is 13.0. The Bertz CT molecular complexity index is 1840. The van der Waals surface area contributed by atoms with Crippen LogP contribution in [-0.2, 0) is 43.1 Å². The molecule has 0 spiro atoms. The van der Waals surface area contributed by atoms with Gasteiger partial charge in [-0.25, -0.2) is 0 Å². The molecule has 0 aliphatic heterocycles. The Hall–Kier alpha value is -4.30. The van der Waals surface area contributed by atoms with E-state index in [2.05, 4.69) is 184 Å². The Labute approximate surface area is 315 Å². The Morgan fingerprint density at radius 1 is 0.481 bits per heavy atom. The van der Waals surface area contributed by atoms with Gasteiger partial charge in [0.1, 0.15) is 5.75 Å². The summed E-state index contributed by atoms with van der Waals surface area (Å²) in [5, 5.41) is 14.7. The quantitative estimate of drug-likeness (QED) is 0.136. The molecule has 0 bridgehead atoms. The highest BCUT2D eigenvalue weighted by atomic mass is 16.3. The van der Waals surface area contributed by atoms with Crippen molar-refractivity contribution in [3.05, 3.63) is 165 Å². The number of nitrogens with one attached hydrogen (secondary N) is 1. The minimum atomic E-state index is -0.134. The molecule has 2 heteroatoms. The number of phenols is 1. The lowest BCUT2D eigenvalue weighted by molar-refractivity contribution is 0.306. The van der Waals surface area contributed by atoms with Crippen molar-refractivity contribution in [3.63, 3.8) is 0 Å². The second-order valence-corrected chi connectivity index (χ2v) is 18.6. The molecule has 2 nitrogen and oxygen atoms in total. The molecule has 5 rings (SSSR count). The van der Waals surface area contributed by atoms with E-state index in [1.165, 1.54) is 50.9 Å². The highest BCUT2D eigenvalue weighted by molar-refractivity contribution is 5.52. The maximum atomic E-state index is 11.1. The third-order valence-electron chi connectivity index (χ3n) is 10.1. The van der Waals surface area contributed by atoms with Gasteiger partial charge in [0.2, 0.25) is 0 Å². The molecule has 0 aliphatic carbocycles. The van der Waals surface area contributed by atoms with Gasteiger partial charge in [-0.15, -0.1) is 0 Å². The number of rotatable bonds is 12. The summed E-state index contributed by atoms with van der Waals surface area (Å²) in [5.41, 5.74) is 13.9. The molecule has 0 heterocycles. The van der Waals surface area contributed by atoms with E-state index in [0.29, 0.717) is 23.6 Å². The minimum Gasteiger partial charge on any atom is -0.507 e. The average molecular weight is 694 g/mol. The lowest BCUT2D eigenvalue weighted by atomic mass is 9.78. The van der Waals surface area contributed by atoms with Crippen LogP contribution in [0.4, 0.5) is 5.69 Å². The number of benzene rings is 5. The van der Waals surface area contributed by atoms with Crippen LogP contribution in [0.25, 0.3) is 0 Å². The van der Waals surface area contributed by atoms with Crippen LogP contribution >= 0.6 is 0 Å². The topological polar surface area (TPSA) is 32.3 Å². The number of phenolic OH excluding ortho intramolecular Hbond substituents is 1. The zero-order chi connectivity index (χ0) is 37.7. The van der Waals surface area contributed by atoms with Gasteiger partial charge in [-0.2, -0.15) is 0 Å². The Morgan fingerprint density at radius 2 is 0.808 bits per heavy atom. The Balaban J connectivity index is 1.11. The smallest absolute Gasteiger partial charge is 0.123 e. The SMILES string of the molecule is CC(Cc1ccc(Cc2ccc(Cc3ccc(Cc4ccc(NCc5cc(C(C)(C)C)c(O)c(C(C)(C)C)c5)cc4)cc3)cc2)cc1)CC(C)(C)C. The molecule has 274 valence electrons. The second-order valence-electron chi connectivity index (χ2n) is 18.6. The molecule has 1 atom stereocenters. The molecular formula is C50H63NO. The molecular weight excluding hydrogens is 631 g/mol. The summed E-state index contributed by atoms with van der Waals surface area (Å²) in [7, 11) is 0. The number of hydrogen-bond acceptors (Lipinski definition) is 2. The minimum absolute atomic E-state index is 0.134. The zero-order valence-electron chi connectivity index (χ0n) is 33.7. The first-order chi connectivity index (χ1) is 24.4. The highest BCUT2D eigenvalue weighted by Gasteiger charge is 2.26. The van der Waals surface area contributed by atoms with E-state index >= 15 is 0 Å². The normalized spacial score (nSPS) is 12.9. The van der Waals surface area contributed by atoms with E-state index in [9.17, 15) is 5.11 Å². The van der Waals surface area contributed by atoms with Gasteiger partial charge in [-0.1, -0.05) is 154 Å². The van der Waals surface area contributed by atoms with Crippen molar-refractivity contribution in [2.24, 2.45) is 11.3 Å². The highest BCUT2D eigenvalue weighted by Crippen LogP contribution is 2.40. The van der Waals surface area contributed by atoms with Gasteiger partial charge in [-0.05, 0) is 134 Å². The Morgan fingerprint density at radius 3 is 1.13 bits per heavy atom. The van der Waals surface area contributed by atoms with Crippen molar-refractivity contribution in [3.8, 4) is 5.75 Å². The van der Waals surface area contributed by atoms with Crippen LogP contribution < -0.4 is 5.32 Å². The third kappa shape index (κ3) is 11.3. The summed E-state index contributed by atoms with van der Waals surface area (Å²) in [6.07, 6.45) is 5.23. The zero-order valence-corrected chi connectivity index (χ0v) is 33.7. The fraction of sp³-hybridized carbons (Fsp3) is 0.400. The van der Waals surface area contributed by atoms with Crippen LogP contribution in [-0.4, -0.2) is 5.11 Å². The lowest BCUT2D eigenvalue weighted by Crippen LogP contribution is -2.18. The van der Waals surface area contributed by atoms with Crippen LogP contribution in [0.3, 0.4) is 0 Å². The van der Waals surface area contributed by atoms with Gasteiger partial charge >= 0.3 is 0 Å². The van der Waals surface area contributed by atoms with Crippen molar-refractivity contribution in [2.75, 3.05) is 5.32 Å². The molecule has 0 amide bonds. The van der Waals surface area contributed by atoms with Crippen LogP contribution in [0.2, 0.25) is 0 Å². The van der Waals surface area contributed by atoms with E-state index in [-0.39, 0.29) is 10.8 Å². The first kappa shape index (κ1) is 38.9. The van der Waals surface area contributed by atoms with Crippen LogP contribution in [0.1, 0.15) is 131 Å². The average Bonchev–Trinajstić information content (AvgIpc) is 3.06. The van der Waals surface area contributed by atoms with Crippen LogP contribution in [0, 0.1) is 11.3 Å². The molecule has 0 saturated carbocycles. The maximum Gasteiger partial charge on any atom is 0.123 e. The standard InChI is InChI=1S/C50H63NO/c1-35(33-48(2,3)4)27-36-11-13-37(14-12-36)28-38-15-17-39(18-16-38)29-40-19-21-41(22-20-40)30-42-23-25-44(26-24-42)51-34-43-31-45(49(5,6)7)47(52)46(32-43)50(8,9)10/h11-26,31-32,35,51-52H,27-30,33-34H2,1-10H3. The van der Waals surface area contributed by atoms with E-state index in [1.807, 2.05) is 0 Å². The van der Waals surface area contributed by atoms with Crippen LogP contribution in [0.5, 0.6) is 5.75 Å². The summed E-state index contributed by atoms with van der Waals surface area (Å²) >= 11 is 0. The predicted molar refractivity (Wildman–Crippen MR) is 224 cm³/mol. The summed E-state index contributed by atoms with van der Waals surface area (Å²) in [6.45, 7) is 23.0. The van der Waals surface area contributed by atoms with E-state index in [1.54, 1.807) is 0 Å². The molecule has 0 fully saturated rings. The van der Waals surface area contributed by atoms with Gasteiger partial charge in [0.15, 0.2) is 0 Å². The van der Waals surface area contributed by atoms with Gasteiger partial charge in [-0.3, -0.25) is 0 Å². The number of aromatic hydroxyl groups is 1. The van der Waals surface area contributed by atoms with Crippen molar-refractivity contribution < 1.29 is 5.11 Å².